The minimum Gasteiger partial charge on any atom is -0.496 e. The maximum absolute atomic E-state index is 11.3. The number of carbonyl (C=O) groups is 1. The van der Waals surface area contributed by atoms with Crippen molar-refractivity contribution >= 4 is 5.97 Å². The van der Waals surface area contributed by atoms with Crippen LogP contribution in [-0.2, 0) is 4.79 Å². The van der Waals surface area contributed by atoms with Crippen molar-refractivity contribution in [3.8, 4) is 5.75 Å². The van der Waals surface area contributed by atoms with Crippen LogP contribution in [0.5, 0.6) is 5.75 Å². The Kier molecular flexibility index (Phi) is 6.17. The Hall–Kier alpha value is -2.33. The smallest absolute Gasteiger partial charge is 0.306 e. The summed E-state index contributed by atoms with van der Waals surface area (Å²) in [6, 6.07) is 17.0. The van der Waals surface area contributed by atoms with Gasteiger partial charge in [0, 0.05) is 5.56 Å². The lowest BCUT2D eigenvalue weighted by atomic mass is 9.90. The fourth-order valence-electron chi connectivity index (χ4n) is 3.95. The van der Waals surface area contributed by atoms with E-state index < -0.39 is 5.97 Å². The molecule has 2 aromatic carbocycles. The molecule has 1 aliphatic rings. The van der Waals surface area contributed by atoms with E-state index in [2.05, 4.69) is 49.1 Å². The summed E-state index contributed by atoms with van der Waals surface area (Å²) in [6.07, 6.45) is 1.37. The van der Waals surface area contributed by atoms with Gasteiger partial charge >= 0.3 is 5.97 Å². The summed E-state index contributed by atoms with van der Waals surface area (Å²) < 4.78 is 5.64. The number of piperidine rings is 1. The van der Waals surface area contributed by atoms with Gasteiger partial charge in [-0.15, -0.1) is 0 Å². The average Bonchev–Trinajstić information content (AvgIpc) is 2.69. The van der Waals surface area contributed by atoms with Crippen molar-refractivity contribution in [1.29, 1.82) is 0 Å². The largest absolute Gasteiger partial charge is 0.496 e. The fraction of sp³-hybridized carbons (Fsp3) is 0.435. The van der Waals surface area contributed by atoms with Crippen LogP contribution in [0, 0.1) is 5.92 Å². The Labute approximate surface area is 161 Å². The molecule has 1 fully saturated rings. The number of nitrogens with zero attached hydrogens (tertiary/aromatic N) is 1. The molecule has 1 heterocycles. The molecule has 1 aliphatic heterocycles. The molecule has 144 valence electrons. The van der Waals surface area contributed by atoms with Crippen molar-refractivity contribution in [3.05, 3.63) is 65.2 Å². The predicted molar refractivity (Wildman–Crippen MR) is 107 cm³/mol. The molecule has 1 saturated heterocycles. The first-order chi connectivity index (χ1) is 13.0. The van der Waals surface area contributed by atoms with Gasteiger partial charge in [0.1, 0.15) is 5.75 Å². The molecule has 4 nitrogen and oxygen atoms in total. The summed E-state index contributed by atoms with van der Waals surface area (Å²) in [7, 11) is 1.70. The average molecular weight is 367 g/mol. The van der Waals surface area contributed by atoms with E-state index in [0.717, 1.165) is 24.4 Å². The second-order valence-corrected chi connectivity index (χ2v) is 7.61. The number of carboxylic acids is 1. The molecule has 0 amide bonds. The summed E-state index contributed by atoms with van der Waals surface area (Å²) in [4.78, 5) is 13.7. The van der Waals surface area contributed by atoms with Crippen molar-refractivity contribution in [3.63, 3.8) is 0 Å². The van der Waals surface area contributed by atoms with E-state index in [1.807, 2.05) is 18.2 Å². The van der Waals surface area contributed by atoms with E-state index in [9.17, 15) is 9.90 Å². The first-order valence-electron chi connectivity index (χ1n) is 9.71. The second kappa shape index (κ2) is 8.57. The number of carboxylic acid groups (broad SMARTS) is 1. The van der Waals surface area contributed by atoms with Gasteiger partial charge in [-0.2, -0.15) is 0 Å². The van der Waals surface area contributed by atoms with Gasteiger partial charge in [-0.25, -0.2) is 0 Å². The first kappa shape index (κ1) is 19.4. The summed E-state index contributed by atoms with van der Waals surface area (Å²) in [5.74, 6) is 0.457. The molecule has 27 heavy (non-hydrogen) atoms. The molecule has 0 bridgehead atoms. The van der Waals surface area contributed by atoms with E-state index >= 15 is 0 Å². The maximum Gasteiger partial charge on any atom is 0.306 e. The van der Waals surface area contributed by atoms with E-state index in [4.69, 9.17) is 4.74 Å². The second-order valence-electron chi connectivity index (χ2n) is 7.61. The Balaban J connectivity index is 1.95. The van der Waals surface area contributed by atoms with Gasteiger partial charge < -0.3 is 9.84 Å². The Morgan fingerprint density at radius 1 is 1.04 bits per heavy atom. The highest BCUT2D eigenvalue weighted by Crippen LogP contribution is 2.37. The number of hydrogen-bond donors (Lipinski definition) is 1. The lowest BCUT2D eigenvalue weighted by molar-refractivity contribution is -0.143. The SMILES string of the molecule is COc1ccccc1C(c1ccc(C(C)C)cc1)N1CCC(C(=O)O)CC1. The number of aliphatic carboxylic acids is 1. The molecule has 0 aliphatic carbocycles. The van der Waals surface area contributed by atoms with Gasteiger partial charge in [0.15, 0.2) is 0 Å². The van der Waals surface area contributed by atoms with E-state index in [1.54, 1.807) is 7.11 Å². The maximum atomic E-state index is 11.3. The molecule has 0 aromatic heterocycles. The van der Waals surface area contributed by atoms with Crippen molar-refractivity contribution < 1.29 is 14.6 Å². The zero-order valence-electron chi connectivity index (χ0n) is 16.4. The number of para-hydroxylation sites is 1. The monoisotopic (exact) mass is 367 g/mol. The van der Waals surface area contributed by atoms with Crippen LogP contribution in [0.4, 0.5) is 0 Å². The topological polar surface area (TPSA) is 49.8 Å². The van der Waals surface area contributed by atoms with E-state index in [1.165, 1.54) is 11.1 Å². The van der Waals surface area contributed by atoms with Crippen LogP contribution < -0.4 is 4.74 Å². The third-order valence-corrected chi connectivity index (χ3v) is 5.60. The quantitative estimate of drug-likeness (QED) is 0.804. The number of likely N-dealkylation sites (tertiary alicyclic amines) is 1. The Morgan fingerprint density at radius 2 is 1.63 bits per heavy atom. The molecule has 3 rings (SSSR count). The summed E-state index contributed by atoms with van der Waals surface area (Å²) >= 11 is 0. The number of rotatable bonds is 6. The Morgan fingerprint density at radius 3 is 2.19 bits per heavy atom. The zero-order chi connectivity index (χ0) is 19.4. The third-order valence-electron chi connectivity index (χ3n) is 5.60. The molecular formula is C23H29NO3. The molecular weight excluding hydrogens is 338 g/mol. The van der Waals surface area contributed by atoms with E-state index in [-0.39, 0.29) is 12.0 Å². The minimum absolute atomic E-state index is 0.0668. The number of hydrogen-bond acceptors (Lipinski definition) is 3. The van der Waals surface area contributed by atoms with Crippen LogP contribution in [-0.4, -0.2) is 36.2 Å². The molecule has 0 spiro atoms. The zero-order valence-corrected chi connectivity index (χ0v) is 16.4. The molecule has 2 aromatic rings. The van der Waals surface area contributed by atoms with Gasteiger partial charge in [-0.1, -0.05) is 56.3 Å². The molecule has 0 radical (unpaired) electrons. The van der Waals surface area contributed by atoms with Crippen LogP contribution in [0.1, 0.15) is 55.3 Å². The lowest BCUT2D eigenvalue weighted by Crippen LogP contribution is -2.39. The predicted octanol–water partition coefficient (Wildman–Crippen LogP) is 4.70. The number of ether oxygens (including phenoxy) is 1. The molecule has 4 heteroatoms. The van der Waals surface area contributed by atoms with Gasteiger partial charge in [0.05, 0.1) is 19.1 Å². The van der Waals surface area contributed by atoms with Crippen LogP contribution >= 0.6 is 0 Å². The van der Waals surface area contributed by atoms with Crippen molar-refractivity contribution in [2.75, 3.05) is 20.2 Å². The fourth-order valence-corrected chi connectivity index (χ4v) is 3.95. The molecule has 1 atom stereocenters. The van der Waals surface area contributed by atoms with Crippen LogP contribution in [0.15, 0.2) is 48.5 Å². The van der Waals surface area contributed by atoms with Crippen LogP contribution in [0.25, 0.3) is 0 Å². The van der Waals surface area contributed by atoms with Crippen molar-refractivity contribution in [2.45, 2.75) is 38.6 Å². The minimum atomic E-state index is -0.676. The summed E-state index contributed by atoms with van der Waals surface area (Å²) in [5, 5.41) is 9.32. The Bertz CT molecular complexity index is 761. The van der Waals surface area contributed by atoms with Crippen molar-refractivity contribution in [1.82, 2.24) is 4.90 Å². The van der Waals surface area contributed by atoms with Crippen LogP contribution in [0.2, 0.25) is 0 Å². The number of methoxy groups -OCH3 is 1. The van der Waals surface area contributed by atoms with Gasteiger partial charge in [-0.05, 0) is 49.0 Å². The highest BCUT2D eigenvalue weighted by Gasteiger charge is 2.31. The molecule has 0 saturated carbocycles. The standard InChI is InChI=1S/C23H29NO3/c1-16(2)17-8-10-18(11-9-17)22(20-6-4-5-7-21(20)27-3)24-14-12-19(13-15-24)23(25)26/h4-11,16,19,22H,12-15H2,1-3H3,(H,25,26). The van der Waals surface area contributed by atoms with Gasteiger partial charge in [0.25, 0.3) is 0 Å². The highest BCUT2D eigenvalue weighted by atomic mass is 16.5. The van der Waals surface area contributed by atoms with E-state index in [0.29, 0.717) is 18.8 Å². The molecule has 1 N–H and O–H groups in total. The first-order valence-corrected chi connectivity index (χ1v) is 9.71. The molecule has 1 unspecified atom stereocenters. The van der Waals surface area contributed by atoms with Crippen molar-refractivity contribution in [2.24, 2.45) is 5.92 Å². The lowest BCUT2D eigenvalue weighted by Gasteiger charge is -2.37. The van der Waals surface area contributed by atoms with Gasteiger partial charge in [0.2, 0.25) is 0 Å². The summed E-state index contributed by atoms with van der Waals surface area (Å²) in [6.45, 7) is 5.93. The normalized spacial score (nSPS) is 17.0. The number of benzene rings is 2. The highest BCUT2D eigenvalue weighted by molar-refractivity contribution is 5.70. The summed E-state index contributed by atoms with van der Waals surface area (Å²) in [5.41, 5.74) is 3.67. The van der Waals surface area contributed by atoms with Crippen LogP contribution in [0.3, 0.4) is 0 Å². The third kappa shape index (κ3) is 4.33. The van der Waals surface area contributed by atoms with Gasteiger partial charge in [-0.3, -0.25) is 9.69 Å².